The van der Waals surface area contributed by atoms with Gasteiger partial charge >= 0.3 is 5.97 Å². The molecule has 1 fully saturated rings. The maximum Gasteiger partial charge on any atom is 0.338 e. The molecule has 132 valence electrons. The van der Waals surface area contributed by atoms with Gasteiger partial charge in [0.05, 0.1) is 35.9 Å². The molecular formula is C18H20ClN3O3. The van der Waals surface area contributed by atoms with Gasteiger partial charge in [-0.15, -0.1) is 0 Å². The van der Waals surface area contributed by atoms with Gasteiger partial charge < -0.3 is 10.1 Å². The third-order valence-corrected chi connectivity index (χ3v) is 4.63. The highest BCUT2D eigenvalue weighted by Gasteiger charge is 2.24. The van der Waals surface area contributed by atoms with E-state index in [-0.39, 0.29) is 17.6 Å². The molecule has 25 heavy (non-hydrogen) atoms. The van der Waals surface area contributed by atoms with Gasteiger partial charge in [0.25, 0.3) is 0 Å². The first-order chi connectivity index (χ1) is 12.0. The Balaban J connectivity index is 1.86. The van der Waals surface area contributed by atoms with Crippen LogP contribution < -0.4 is 5.32 Å². The highest BCUT2D eigenvalue weighted by Crippen LogP contribution is 2.32. The number of ether oxygens (including phenoxy) is 1. The molecule has 1 aliphatic rings. The lowest BCUT2D eigenvalue weighted by Gasteiger charge is -2.10. The summed E-state index contributed by atoms with van der Waals surface area (Å²) < 4.78 is 4.82. The molecule has 6 nitrogen and oxygen atoms in total. The van der Waals surface area contributed by atoms with Crippen LogP contribution in [-0.4, -0.2) is 29.0 Å². The number of hydrogen-bond acceptors (Lipinski definition) is 5. The van der Waals surface area contributed by atoms with Crippen LogP contribution in [0.5, 0.6) is 0 Å². The third kappa shape index (κ3) is 4.07. The summed E-state index contributed by atoms with van der Waals surface area (Å²) in [4.78, 5) is 32.6. The summed E-state index contributed by atoms with van der Waals surface area (Å²) >= 11 is 6.20. The summed E-state index contributed by atoms with van der Waals surface area (Å²) in [5, 5.41) is 3.06. The van der Waals surface area contributed by atoms with Gasteiger partial charge in [0.2, 0.25) is 5.91 Å². The zero-order chi connectivity index (χ0) is 18.0. The van der Waals surface area contributed by atoms with Crippen molar-refractivity contribution in [1.82, 2.24) is 15.3 Å². The summed E-state index contributed by atoms with van der Waals surface area (Å²) in [7, 11) is 1.35. The fourth-order valence-electron chi connectivity index (χ4n) is 2.70. The standard InChI is InChI=1S/C18H20ClN3O3/c1-3-11-7-13-14(8-12(11)18(24)25-2)22-17(19)15(21-13)9-20-16(23)6-10-4-5-10/h7-8,10H,3-6,9H2,1-2H3,(H,20,23). The average Bonchev–Trinajstić information content (AvgIpc) is 3.42. The number of esters is 1. The van der Waals surface area contributed by atoms with E-state index in [1.165, 1.54) is 7.11 Å². The Morgan fingerprint density at radius 2 is 2.00 bits per heavy atom. The fourth-order valence-corrected chi connectivity index (χ4v) is 2.90. The number of amides is 1. The Labute approximate surface area is 150 Å². The van der Waals surface area contributed by atoms with Gasteiger partial charge in [-0.2, -0.15) is 0 Å². The largest absolute Gasteiger partial charge is 0.465 e. The number of aryl methyl sites for hydroxylation is 1. The van der Waals surface area contributed by atoms with Gasteiger partial charge in [-0.3, -0.25) is 4.79 Å². The lowest BCUT2D eigenvalue weighted by atomic mass is 10.0. The molecule has 1 aromatic carbocycles. The van der Waals surface area contributed by atoms with Crippen LogP contribution in [0.2, 0.25) is 5.15 Å². The number of benzene rings is 1. The first-order valence-corrected chi connectivity index (χ1v) is 8.73. The Bertz CT molecular complexity index is 834. The number of aromatic nitrogens is 2. The molecule has 0 atom stereocenters. The molecule has 1 saturated carbocycles. The Hall–Kier alpha value is -2.21. The van der Waals surface area contributed by atoms with Gasteiger partial charge in [-0.05, 0) is 42.9 Å². The van der Waals surface area contributed by atoms with Crippen molar-refractivity contribution in [2.75, 3.05) is 7.11 Å². The summed E-state index contributed by atoms with van der Waals surface area (Å²) in [6.45, 7) is 2.20. The van der Waals surface area contributed by atoms with Crippen molar-refractivity contribution in [2.24, 2.45) is 5.92 Å². The molecule has 1 amide bonds. The Morgan fingerprint density at radius 1 is 1.28 bits per heavy atom. The van der Waals surface area contributed by atoms with Crippen LogP contribution in [0.4, 0.5) is 0 Å². The molecule has 1 heterocycles. The van der Waals surface area contributed by atoms with Crippen molar-refractivity contribution >= 4 is 34.5 Å². The maximum absolute atomic E-state index is 11.9. The average molecular weight is 362 g/mol. The van der Waals surface area contributed by atoms with Crippen molar-refractivity contribution in [1.29, 1.82) is 0 Å². The minimum atomic E-state index is -0.409. The highest BCUT2D eigenvalue weighted by atomic mass is 35.5. The lowest BCUT2D eigenvalue weighted by Crippen LogP contribution is -2.23. The van der Waals surface area contributed by atoms with Crippen LogP contribution in [0.3, 0.4) is 0 Å². The zero-order valence-electron chi connectivity index (χ0n) is 14.3. The molecule has 0 spiro atoms. The molecule has 1 aliphatic carbocycles. The van der Waals surface area contributed by atoms with Crippen LogP contribution in [0, 0.1) is 5.92 Å². The Kier molecular flexibility index (Phi) is 5.18. The SMILES string of the molecule is CCc1cc2nc(CNC(=O)CC3CC3)c(Cl)nc2cc1C(=O)OC. The monoisotopic (exact) mass is 361 g/mol. The molecule has 1 N–H and O–H groups in total. The summed E-state index contributed by atoms with van der Waals surface area (Å²) in [6.07, 6.45) is 3.48. The van der Waals surface area contributed by atoms with Crippen LogP contribution >= 0.6 is 11.6 Å². The number of carbonyl (C=O) groups is 2. The van der Waals surface area contributed by atoms with Crippen molar-refractivity contribution in [3.8, 4) is 0 Å². The number of halogens is 1. The van der Waals surface area contributed by atoms with Crippen LogP contribution in [0.25, 0.3) is 11.0 Å². The minimum absolute atomic E-state index is 0.00995. The van der Waals surface area contributed by atoms with E-state index in [1.807, 2.05) is 13.0 Å². The summed E-state index contributed by atoms with van der Waals surface area (Å²) in [5.41, 5.74) is 2.98. The maximum atomic E-state index is 11.9. The van der Waals surface area contributed by atoms with E-state index in [1.54, 1.807) is 6.07 Å². The van der Waals surface area contributed by atoms with Gasteiger partial charge in [0, 0.05) is 6.42 Å². The normalized spacial score (nSPS) is 13.7. The predicted octanol–water partition coefficient (Wildman–Crippen LogP) is 3.05. The van der Waals surface area contributed by atoms with Gasteiger partial charge in [0.1, 0.15) is 0 Å². The second-order valence-electron chi connectivity index (χ2n) is 6.23. The molecule has 2 aromatic rings. The van der Waals surface area contributed by atoms with Crippen LogP contribution in [0.15, 0.2) is 12.1 Å². The number of hydrogen-bond donors (Lipinski definition) is 1. The molecule has 1 aromatic heterocycles. The van der Waals surface area contributed by atoms with E-state index in [2.05, 4.69) is 15.3 Å². The number of fused-ring (bicyclic) bond motifs is 1. The summed E-state index contributed by atoms with van der Waals surface area (Å²) in [6, 6.07) is 3.47. The minimum Gasteiger partial charge on any atom is -0.465 e. The van der Waals surface area contributed by atoms with E-state index < -0.39 is 5.97 Å². The molecule has 0 saturated heterocycles. The molecule has 0 radical (unpaired) electrons. The van der Waals surface area contributed by atoms with E-state index in [4.69, 9.17) is 16.3 Å². The quantitative estimate of drug-likeness (QED) is 0.800. The first kappa shape index (κ1) is 17.6. The van der Waals surface area contributed by atoms with Crippen molar-refractivity contribution < 1.29 is 14.3 Å². The number of methoxy groups -OCH3 is 1. The number of nitrogens with one attached hydrogen (secondary N) is 1. The van der Waals surface area contributed by atoms with Crippen LogP contribution in [0.1, 0.15) is 47.8 Å². The smallest absolute Gasteiger partial charge is 0.338 e. The molecule has 7 heteroatoms. The molecule has 0 aliphatic heterocycles. The second-order valence-corrected chi connectivity index (χ2v) is 6.59. The Morgan fingerprint density at radius 3 is 2.64 bits per heavy atom. The van der Waals surface area contributed by atoms with Gasteiger partial charge in [-0.1, -0.05) is 18.5 Å². The molecule has 0 unspecified atom stereocenters. The van der Waals surface area contributed by atoms with E-state index in [9.17, 15) is 9.59 Å². The van der Waals surface area contributed by atoms with E-state index >= 15 is 0 Å². The number of carbonyl (C=O) groups excluding carboxylic acids is 2. The molecule has 0 bridgehead atoms. The van der Waals surface area contributed by atoms with Crippen molar-refractivity contribution in [2.45, 2.75) is 39.2 Å². The fraction of sp³-hybridized carbons (Fsp3) is 0.444. The van der Waals surface area contributed by atoms with Crippen molar-refractivity contribution in [3.05, 3.63) is 34.1 Å². The predicted molar refractivity (Wildman–Crippen MR) is 94.5 cm³/mol. The van der Waals surface area contributed by atoms with Crippen LogP contribution in [-0.2, 0) is 22.5 Å². The third-order valence-electron chi connectivity index (χ3n) is 4.32. The number of nitrogens with zero attached hydrogens (tertiary/aromatic N) is 2. The first-order valence-electron chi connectivity index (χ1n) is 8.35. The van der Waals surface area contributed by atoms with Gasteiger partial charge in [0.15, 0.2) is 5.15 Å². The second kappa shape index (κ2) is 7.35. The number of rotatable bonds is 6. The topological polar surface area (TPSA) is 81.2 Å². The molecular weight excluding hydrogens is 342 g/mol. The lowest BCUT2D eigenvalue weighted by molar-refractivity contribution is -0.121. The highest BCUT2D eigenvalue weighted by molar-refractivity contribution is 6.30. The van der Waals surface area contributed by atoms with Crippen molar-refractivity contribution in [3.63, 3.8) is 0 Å². The van der Waals surface area contributed by atoms with Gasteiger partial charge in [-0.25, -0.2) is 14.8 Å². The van der Waals surface area contributed by atoms with E-state index in [0.29, 0.717) is 41.1 Å². The summed E-state index contributed by atoms with van der Waals surface area (Å²) in [5.74, 6) is 0.130. The zero-order valence-corrected chi connectivity index (χ0v) is 15.0. The van der Waals surface area contributed by atoms with E-state index in [0.717, 1.165) is 18.4 Å². The molecule has 3 rings (SSSR count).